The molecule has 17 heavy (non-hydrogen) atoms. The van der Waals surface area contributed by atoms with Gasteiger partial charge in [-0.05, 0) is 29.9 Å². The minimum absolute atomic E-state index is 0.601. The monoisotopic (exact) mass is 229 g/mol. The normalized spacial score (nSPS) is 11.1. The first-order valence-electron chi connectivity index (χ1n) is 6.09. The lowest BCUT2D eigenvalue weighted by Gasteiger charge is -2.06. The van der Waals surface area contributed by atoms with Gasteiger partial charge in [0.25, 0.3) is 0 Å². The Kier molecular flexibility index (Phi) is 3.57. The quantitative estimate of drug-likeness (QED) is 0.807. The van der Waals surface area contributed by atoms with Crippen LogP contribution in [0.4, 0.5) is 0 Å². The third-order valence-corrected chi connectivity index (χ3v) is 2.97. The molecule has 0 fully saturated rings. The molecule has 3 heteroatoms. The highest BCUT2D eigenvalue weighted by molar-refractivity contribution is 5.25. The molecule has 0 aliphatic carbocycles. The lowest BCUT2D eigenvalue weighted by molar-refractivity contribution is 0.713. The summed E-state index contributed by atoms with van der Waals surface area (Å²) in [5.41, 5.74) is 3.81. The summed E-state index contributed by atoms with van der Waals surface area (Å²) in [5.74, 6) is 0.601. The summed E-state index contributed by atoms with van der Waals surface area (Å²) in [6, 6.07) is 8.87. The number of hydrogen-bond donors (Lipinski definition) is 0. The largest absolute Gasteiger partial charge is 0.255 e. The summed E-state index contributed by atoms with van der Waals surface area (Å²) in [6.45, 7) is 4.43. The van der Waals surface area contributed by atoms with Gasteiger partial charge in [-0.25, -0.2) is 0 Å². The summed E-state index contributed by atoms with van der Waals surface area (Å²) >= 11 is 0. The van der Waals surface area contributed by atoms with Crippen molar-refractivity contribution < 1.29 is 0 Å². The molecule has 0 saturated carbocycles. The predicted molar refractivity (Wildman–Crippen MR) is 68.9 cm³/mol. The van der Waals surface area contributed by atoms with Crippen molar-refractivity contribution in [2.24, 2.45) is 7.05 Å². The Morgan fingerprint density at radius 2 is 1.82 bits per heavy atom. The number of aromatic nitrogens is 3. The van der Waals surface area contributed by atoms with Crippen molar-refractivity contribution in [1.29, 1.82) is 0 Å². The third kappa shape index (κ3) is 3.16. The SMILES string of the molecule is CC(C)c1ccc(CCc2cn(C)nn2)cc1. The first-order valence-corrected chi connectivity index (χ1v) is 6.09. The molecule has 0 amide bonds. The van der Waals surface area contributed by atoms with Crippen LogP contribution in [-0.2, 0) is 19.9 Å². The van der Waals surface area contributed by atoms with E-state index in [9.17, 15) is 0 Å². The first-order chi connectivity index (χ1) is 8.15. The van der Waals surface area contributed by atoms with Crippen molar-refractivity contribution in [3.63, 3.8) is 0 Å². The lowest BCUT2D eigenvalue weighted by Crippen LogP contribution is -1.93. The van der Waals surface area contributed by atoms with E-state index in [1.54, 1.807) is 4.68 Å². The molecule has 0 N–H and O–H groups in total. The molecule has 0 atom stereocenters. The second-order valence-corrected chi connectivity index (χ2v) is 4.78. The third-order valence-electron chi connectivity index (χ3n) is 2.97. The molecule has 0 saturated heterocycles. The number of aryl methyl sites for hydroxylation is 3. The van der Waals surface area contributed by atoms with E-state index >= 15 is 0 Å². The van der Waals surface area contributed by atoms with Gasteiger partial charge in [0, 0.05) is 13.2 Å². The predicted octanol–water partition coefficient (Wildman–Crippen LogP) is 2.72. The summed E-state index contributed by atoms with van der Waals surface area (Å²) in [5, 5.41) is 8.02. The molecule has 2 rings (SSSR count). The van der Waals surface area contributed by atoms with Crippen LogP contribution in [0.1, 0.15) is 36.6 Å². The Hall–Kier alpha value is -1.64. The van der Waals surface area contributed by atoms with E-state index in [0.29, 0.717) is 5.92 Å². The maximum absolute atomic E-state index is 4.09. The standard InChI is InChI=1S/C14H19N3/c1-11(2)13-7-4-12(5-8-13)6-9-14-10-17(3)16-15-14/h4-5,7-8,10-11H,6,9H2,1-3H3. The van der Waals surface area contributed by atoms with Gasteiger partial charge >= 0.3 is 0 Å². The number of rotatable bonds is 4. The Balaban J connectivity index is 1.95. The maximum atomic E-state index is 4.09. The van der Waals surface area contributed by atoms with Crippen LogP contribution in [0, 0.1) is 0 Å². The fourth-order valence-corrected chi connectivity index (χ4v) is 1.85. The topological polar surface area (TPSA) is 30.7 Å². The van der Waals surface area contributed by atoms with E-state index in [1.165, 1.54) is 11.1 Å². The molecule has 0 aliphatic heterocycles. The molecule has 0 spiro atoms. The maximum Gasteiger partial charge on any atom is 0.0830 e. The van der Waals surface area contributed by atoms with E-state index in [0.717, 1.165) is 18.5 Å². The minimum Gasteiger partial charge on any atom is -0.255 e. The zero-order chi connectivity index (χ0) is 12.3. The molecular formula is C14H19N3. The van der Waals surface area contributed by atoms with E-state index < -0.39 is 0 Å². The molecule has 0 bridgehead atoms. The molecule has 90 valence electrons. The van der Waals surface area contributed by atoms with Crippen molar-refractivity contribution in [2.75, 3.05) is 0 Å². The Morgan fingerprint density at radius 1 is 1.12 bits per heavy atom. The minimum atomic E-state index is 0.601. The second-order valence-electron chi connectivity index (χ2n) is 4.78. The van der Waals surface area contributed by atoms with Crippen LogP contribution in [-0.4, -0.2) is 15.0 Å². The highest BCUT2D eigenvalue weighted by atomic mass is 15.4. The molecule has 0 aliphatic rings. The van der Waals surface area contributed by atoms with Crippen molar-refractivity contribution in [1.82, 2.24) is 15.0 Å². The van der Waals surface area contributed by atoms with Gasteiger partial charge in [0.2, 0.25) is 0 Å². The van der Waals surface area contributed by atoms with Gasteiger partial charge in [-0.15, -0.1) is 5.10 Å². The lowest BCUT2D eigenvalue weighted by atomic mass is 10.00. The van der Waals surface area contributed by atoms with E-state index in [2.05, 4.69) is 48.4 Å². The molecule has 0 unspecified atom stereocenters. The van der Waals surface area contributed by atoms with Crippen LogP contribution in [0.5, 0.6) is 0 Å². The molecule has 3 nitrogen and oxygen atoms in total. The van der Waals surface area contributed by atoms with Crippen LogP contribution in [0.25, 0.3) is 0 Å². The van der Waals surface area contributed by atoms with Crippen LogP contribution in [0.2, 0.25) is 0 Å². The summed E-state index contributed by atoms with van der Waals surface area (Å²) < 4.78 is 1.75. The number of hydrogen-bond acceptors (Lipinski definition) is 2. The summed E-state index contributed by atoms with van der Waals surface area (Å²) in [7, 11) is 1.90. The van der Waals surface area contributed by atoms with E-state index in [-0.39, 0.29) is 0 Å². The van der Waals surface area contributed by atoms with Crippen molar-refractivity contribution >= 4 is 0 Å². The molecule has 2 aromatic rings. The average Bonchev–Trinajstić information content (AvgIpc) is 2.73. The smallest absolute Gasteiger partial charge is 0.0830 e. The molecule has 1 aromatic carbocycles. The number of benzene rings is 1. The first kappa shape index (κ1) is 11.8. The molecule has 0 radical (unpaired) electrons. The van der Waals surface area contributed by atoms with Crippen LogP contribution >= 0.6 is 0 Å². The highest BCUT2D eigenvalue weighted by Crippen LogP contribution is 2.15. The second kappa shape index (κ2) is 5.13. The number of nitrogens with zero attached hydrogens (tertiary/aromatic N) is 3. The van der Waals surface area contributed by atoms with Gasteiger partial charge in [0.15, 0.2) is 0 Å². The van der Waals surface area contributed by atoms with Gasteiger partial charge in [-0.2, -0.15) is 0 Å². The van der Waals surface area contributed by atoms with Crippen molar-refractivity contribution in [2.45, 2.75) is 32.6 Å². The van der Waals surface area contributed by atoms with Gasteiger partial charge in [0.1, 0.15) is 0 Å². The summed E-state index contributed by atoms with van der Waals surface area (Å²) in [6.07, 6.45) is 3.95. The Morgan fingerprint density at radius 3 is 2.35 bits per heavy atom. The van der Waals surface area contributed by atoms with Crippen LogP contribution < -0.4 is 0 Å². The Labute approximate surface area is 102 Å². The molecule has 1 heterocycles. The van der Waals surface area contributed by atoms with Crippen molar-refractivity contribution in [3.05, 3.63) is 47.3 Å². The fraction of sp³-hybridized carbons (Fsp3) is 0.429. The van der Waals surface area contributed by atoms with Crippen LogP contribution in [0.15, 0.2) is 30.5 Å². The zero-order valence-corrected chi connectivity index (χ0v) is 10.7. The molecular weight excluding hydrogens is 210 g/mol. The van der Waals surface area contributed by atoms with Gasteiger partial charge in [-0.1, -0.05) is 43.3 Å². The van der Waals surface area contributed by atoms with E-state index in [1.807, 2.05) is 13.2 Å². The summed E-state index contributed by atoms with van der Waals surface area (Å²) in [4.78, 5) is 0. The van der Waals surface area contributed by atoms with Crippen LogP contribution in [0.3, 0.4) is 0 Å². The van der Waals surface area contributed by atoms with E-state index in [4.69, 9.17) is 0 Å². The highest BCUT2D eigenvalue weighted by Gasteiger charge is 2.01. The van der Waals surface area contributed by atoms with Gasteiger partial charge in [0.05, 0.1) is 5.69 Å². The van der Waals surface area contributed by atoms with Crippen molar-refractivity contribution in [3.8, 4) is 0 Å². The molecule has 1 aromatic heterocycles. The van der Waals surface area contributed by atoms with Gasteiger partial charge < -0.3 is 0 Å². The fourth-order valence-electron chi connectivity index (χ4n) is 1.85. The zero-order valence-electron chi connectivity index (χ0n) is 10.7. The Bertz CT molecular complexity index is 468. The van der Waals surface area contributed by atoms with Gasteiger partial charge in [-0.3, -0.25) is 4.68 Å². The average molecular weight is 229 g/mol.